The number of rotatable bonds is 7. The molecule has 0 aliphatic heterocycles. The third-order valence-corrected chi connectivity index (χ3v) is 10.7. The quantitative estimate of drug-likeness (QED) is 0.677. The molecule has 1 atom stereocenters. The van der Waals surface area contributed by atoms with Crippen LogP contribution in [0.3, 0.4) is 0 Å². The summed E-state index contributed by atoms with van der Waals surface area (Å²) in [7, 11) is -2.13. The van der Waals surface area contributed by atoms with E-state index in [9.17, 15) is 5.11 Å². The molecule has 4 nitrogen and oxygen atoms in total. The molecule has 0 amide bonds. The van der Waals surface area contributed by atoms with Crippen LogP contribution in [-0.4, -0.2) is 13.4 Å². The van der Waals surface area contributed by atoms with Crippen LogP contribution in [0.25, 0.3) is 0 Å². The van der Waals surface area contributed by atoms with Gasteiger partial charge in [-0.3, -0.25) is 0 Å². The molecule has 2 rings (SSSR count). The summed E-state index contributed by atoms with van der Waals surface area (Å²) >= 11 is 0. The lowest BCUT2D eigenvalue weighted by atomic mass is 10.1. The molecule has 128 valence electrons. The van der Waals surface area contributed by atoms with Crippen LogP contribution in [0.5, 0.6) is 5.95 Å². The molecule has 1 N–H and O–H groups in total. The van der Waals surface area contributed by atoms with Gasteiger partial charge < -0.3 is 18.4 Å². The van der Waals surface area contributed by atoms with Crippen molar-refractivity contribution in [3.63, 3.8) is 0 Å². The molecule has 0 aromatic carbocycles. The van der Waals surface area contributed by atoms with Crippen LogP contribution >= 0.6 is 0 Å². The summed E-state index contributed by atoms with van der Waals surface area (Å²) in [6, 6.07) is 5.26. The standard InChI is InChI=1S/C18H28O4Si/c1-12(2)23(13(3)4,14(5)6)22-18-15(9-11-21-18)17(19)16-8-7-10-20-16/h7-14,17,19H,1-6H3. The van der Waals surface area contributed by atoms with Crippen LogP contribution < -0.4 is 4.43 Å². The number of aliphatic hydroxyl groups excluding tert-OH is 1. The molecule has 0 saturated carbocycles. The van der Waals surface area contributed by atoms with Crippen LogP contribution in [0.1, 0.15) is 59.0 Å². The summed E-state index contributed by atoms with van der Waals surface area (Å²) in [6.45, 7) is 13.3. The second-order valence-electron chi connectivity index (χ2n) is 7.00. The van der Waals surface area contributed by atoms with Gasteiger partial charge in [0.2, 0.25) is 0 Å². The zero-order chi connectivity index (χ0) is 17.2. The summed E-state index contributed by atoms with van der Waals surface area (Å²) in [5, 5.41) is 10.5. The van der Waals surface area contributed by atoms with Gasteiger partial charge in [-0.1, -0.05) is 41.5 Å². The van der Waals surface area contributed by atoms with Crippen LogP contribution in [0, 0.1) is 0 Å². The van der Waals surface area contributed by atoms with Crippen molar-refractivity contribution in [2.45, 2.75) is 64.3 Å². The normalized spacial score (nSPS) is 14.0. The fourth-order valence-electron chi connectivity index (χ4n) is 3.71. The van der Waals surface area contributed by atoms with Crippen LogP contribution in [0.4, 0.5) is 0 Å². The minimum atomic E-state index is -2.13. The van der Waals surface area contributed by atoms with E-state index in [-0.39, 0.29) is 0 Å². The van der Waals surface area contributed by atoms with E-state index in [1.165, 1.54) is 0 Å². The number of aliphatic hydroxyl groups is 1. The lowest BCUT2D eigenvalue weighted by Crippen LogP contribution is -2.50. The number of hydrogen-bond acceptors (Lipinski definition) is 4. The Morgan fingerprint density at radius 2 is 1.52 bits per heavy atom. The summed E-state index contributed by atoms with van der Waals surface area (Å²) in [5.41, 5.74) is 1.92. The Bertz CT molecular complexity index is 577. The molecule has 2 heterocycles. The molecule has 0 aliphatic rings. The Labute approximate surface area is 139 Å². The summed E-state index contributed by atoms with van der Waals surface area (Å²) < 4.78 is 17.5. The summed E-state index contributed by atoms with van der Waals surface area (Å²) in [4.78, 5) is 0. The van der Waals surface area contributed by atoms with Gasteiger partial charge in [0.15, 0.2) is 0 Å². The number of furan rings is 2. The minimum absolute atomic E-state index is 0.427. The maximum atomic E-state index is 10.5. The molecule has 0 spiro atoms. The second kappa shape index (κ2) is 6.97. The van der Waals surface area contributed by atoms with Crippen molar-refractivity contribution in [1.29, 1.82) is 0 Å². The van der Waals surface area contributed by atoms with Gasteiger partial charge >= 0.3 is 0 Å². The molecule has 1 unspecified atom stereocenters. The van der Waals surface area contributed by atoms with Gasteiger partial charge in [0, 0.05) is 0 Å². The Morgan fingerprint density at radius 1 is 0.913 bits per heavy atom. The monoisotopic (exact) mass is 336 g/mol. The van der Waals surface area contributed by atoms with E-state index in [2.05, 4.69) is 41.5 Å². The van der Waals surface area contributed by atoms with Gasteiger partial charge in [-0.25, -0.2) is 0 Å². The summed E-state index contributed by atoms with van der Waals surface area (Å²) in [6.07, 6.45) is 2.24. The highest BCUT2D eigenvalue weighted by Gasteiger charge is 2.48. The molecule has 2 aromatic rings. The Kier molecular flexibility index (Phi) is 5.42. The van der Waals surface area contributed by atoms with Crippen molar-refractivity contribution in [2.24, 2.45) is 0 Å². The fourth-order valence-corrected chi connectivity index (χ4v) is 8.90. The van der Waals surface area contributed by atoms with Crippen LogP contribution in [0.2, 0.25) is 16.6 Å². The van der Waals surface area contributed by atoms with E-state index in [4.69, 9.17) is 13.3 Å². The molecule has 0 saturated heterocycles. The smallest absolute Gasteiger partial charge is 0.276 e. The lowest BCUT2D eigenvalue weighted by molar-refractivity contribution is 0.183. The fraction of sp³-hybridized carbons (Fsp3) is 0.556. The molecule has 23 heavy (non-hydrogen) atoms. The van der Waals surface area contributed by atoms with E-state index in [0.717, 1.165) is 0 Å². The molecule has 0 fully saturated rings. The van der Waals surface area contributed by atoms with Gasteiger partial charge in [-0.15, -0.1) is 0 Å². The van der Waals surface area contributed by atoms with Gasteiger partial charge in [-0.05, 0) is 34.8 Å². The minimum Gasteiger partial charge on any atom is -0.518 e. The molecule has 0 aliphatic carbocycles. The van der Waals surface area contributed by atoms with Gasteiger partial charge in [0.25, 0.3) is 14.3 Å². The molecule has 0 radical (unpaired) electrons. The van der Waals surface area contributed by atoms with Crippen molar-refractivity contribution in [2.75, 3.05) is 0 Å². The number of hydrogen-bond donors (Lipinski definition) is 1. The topological polar surface area (TPSA) is 55.7 Å². The zero-order valence-corrected chi connectivity index (χ0v) is 15.9. The van der Waals surface area contributed by atoms with Crippen molar-refractivity contribution in [3.05, 3.63) is 42.0 Å². The maximum Gasteiger partial charge on any atom is 0.276 e. The average molecular weight is 337 g/mol. The first-order valence-corrected chi connectivity index (χ1v) is 10.4. The van der Waals surface area contributed by atoms with Crippen molar-refractivity contribution < 1.29 is 18.4 Å². The average Bonchev–Trinajstić information content (AvgIpc) is 3.14. The van der Waals surface area contributed by atoms with E-state index in [1.54, 1.807) is 30.7 Å². The highest BCUT2D eigenvalue weighted by molar-refractivity contribution is 6.78. The van der Waals surface area contributed by atoms with Crippen LogP contribution in [-0.2, 0) is 0 Å². The van der Waals surface area contributed by atoms with Crippen molar-refractivity contribution in [3.8, 4) is 5.95 Å². The first kappa shape index (κ1) is 17.9. The van der Waals surface area contributed by atoms with Gasteiger partial charge in [0.1, 0.15) is 11.9 Å². The van der Waals surface area contributed by atoms with E-state index < -0.39 is 14.4 Å². The third kappa shape index (κ3) is 3.26. The summed E-state index contributed by atoms with van der Waals surface area (Å²) in [5.74, 6) is 0.916. The van der Waals surface area contributed by atoms with Gasteiger partial charge in [-0.2, -0.15) is 0 Å². The Hall–Kier alpha value is -1.46. The SMILES string of the molecule is CC(C)[Si](Oc1occc1C(O)c1ccco1)(C(C)C)C(C)C. The highest BCUT2D eigenvalue weighted by atomic mass is 28.4. The van der Waals surface area contributed by atoms with E-state index in [1.807, 2.05) is 0 Å². The Balaban J connectivity index is 2.38. The maximum absolute atomic E-state index is 10.5. The molecule has 5 heteroatoms. The first-order valence-electron chi connectivity index (χ1n) is 8.28. The van der Waals surface area contributed by atoms with Crippen molar-refractivity contribution in [1.82, 2.24) is 0 Å². The molecular formula is C18H28O4Si. The predicted molar refractivity (Wildman–Crippen MR) is 93.2 cm³/mol. The third-order valence-electron chi connectivity index (χ3n) is 4.74. The molecular weight excluding hydrogens is 308 g/mol. The lowest BCUT2D eigenvalue weighted by Gasteiger charge is -2.41. The largest absolute Gasteiger partial charge is 0.518 e. The van der Waals surface area contributed by atoms with Crippen LogP contribution in [0.15, 0.2) is 39.6 Å². The second-order valence-corrected chi connectivity index (χ2v) is 12.4. The highest BCUT2D eigenvalue weighted by Crippen LogP contribution is 2.44. The molecule has 2 aromatic heterocycles. The van der Waals surface area contributed by atoms with Crippen molar-refractivity contribution >= 4 is 8.32 Å². The van der Waals surface area contributed by atoms with Gasteiger partial charge in [0.05, 0.1) is 18.1 Å². The Morgan fingerprint density at radius 3 is 2.00 bits per heavy atom. The first-order chi connectivity index (χ1) is 10.8. The van der Waals surface area contributed by atoms with E-state index >= 15 is 0 Å². The van der Waals surface area contributed by atoms with E-state index in [0.29, 0.717) is 33.9 Å². The predicted octanol–water partition coefficient (Wildman–Crippen LogP) is 5.51. The zero-order valence-electron chi connectivity index (χ0n) is 14.9. The molecule has 0 bridgehead atoms.